The van der Waals surface area contributed by atoms with Crippen molar-refractivity contribution in [1.29, 1.82) is 0 Å². The van der Waals surface area contributed by atoms with Gasteiger partial charge in [-0.25, -0.2) is 0 Å². The highest BCUT2D eigenvalue weighted by molar-refractivity contribution is 6.05. The van der Waals surface area contributed by atoms with Crippen molar-refractivity contribution in [2.45, 2.75) is 6.42 Å². The van der Waals surface area contributed by atoms with Crippen LogP contribution in [-0.4, -0.2) is 18.4 Å². The number of carbonyl (C=O) groups excluding carboxylic acids is 2. The Labute approximate surface area is 129 Å². The molecule has 2 amide bonds. The van der Waals surface area contributed by atoms with Gasteiger partial charge >= 0.3 is 0 Å². The van der Waals surface area contributed by atoms with Crippen molar-refractivity contribution in [1.82, 2.24) is 0 Å². The minimum Gasteiger partial charge on any atom is -0.322 e. The second kappa shape index (κ2) is 5.85. The van der Waals surface area contributed by atoms with Crippen LogP contribution in [0.5, 0.6) is 0 Å². The second-order valence-electron chi connectivity index (χ2n) is 5.11. The summed E-state index contributed by atoms with van der Waals surface area (Å²) in [6.45, 7) is 4.17. The molecule has 0 saturated carbocycles. The largest absolute Gasteiger partial charge is 0.322 e. The third kappa shape index (κ3) is 2.63. The summed E-state index contributed by atoms with van der Waals surface area (Å²) in [7, 11) is 0. The van der Waals surface area contributed by atoms with Crippen LogP contribution in [0.4, 0.5) is 11.4 Å². The number of carbonyl (C=O) groups is 2. The number of rotatable bonds is 3. The Morgan fingerprint density at radius 2 is 1.91 bits per heavy atom. The van der Waals surface area contributed by atoms with Gasteiger partial charge in [0.2, 0.25) is 5.91 Å². The van der Waals surface area contributed by atoms with Gasteiger partial charge in [0.15, 0.2) is 0 Å². The zero-order valence-electron chi connectivity index (χ0n) is 12.1. The van der Waals surface area contributed by atoms with Crippen molar-refractivity contribution in [3.63, 3.8) is 0 Å². The van der Waals surface area contributed by atoms with E-state index in [2.05, 4.69) is 11.9 Å². The van der Waals surface area contributed by atoms with Crippen LogP contribution in [0.3, 0.4) is 0 Å². The normalized spacial score (nSPS) is 12.6. The molecule has 0 fully saturated rings. The van der Waals surface area contributed by atoms with E-state index in [4.69, 9.17) is 0 Å². The van der Waals surface area contributed by atoms with Crippen LogP contribution in [0.25, 0.3) is 0 Å². The molecule has 1 N–H and O–H groups in total. The van der Waals surface area contributed by atoms with Gasteiger partial charge in [0, 0.05) is 23.5 Å². The second-order valence-corrected chi connectivity index (χ2v) is 5.11. The molecule has 0 spiro atoms. The van der Waals surface area contributed by atoms with Crippen LogP contribution in [-0.2, 0) is 11.2 Å². The van der Waals surface area contributed by atoms with Gasteiger partial charge in [0.25, 0.3) is 5.91 Å². The van der Waals surface area contributed by atoms with E-state index in [0.717, 1.165) is 23.4 Å². The summed E-state index contributed by atoms with van der Waals surface area (Å²) in [5.74, 6) is -0.239. The first-order valence-corrected chi connectivity index (χ1v) is 7.12. The minimum atomic E-state index is -0.141. The lowest BCUT2D eigenvalue weighted by molar-refractivity contribution is -0.114. The molecule has 1 heterocycles. The predicted octanol–water partition coefficient (Wildman–Crippen LogP) is 3.01. The maximum atomic E-state index is 12.1. The van der Waals surface area contributed by atoms with E-state index < -0.39 is 0 Å². The highest BCUT2D eigenvalue weighted by Crippen LogP contribution is 2.30. The number of nitrogens with zero attached hydrogens (tertiary/aromatic N) is 1. The third-order valence-corrected chi connectivity index (χ3v) is 3.71. The molecule has 110 valence electrons. The molecule has 3 rings (SSSR count). The predicted molar refractivity (Wildman–Crippen MR) is 87.1 cm³/mol. The summed E-state index contributed by atoms with van der Waals surface area (Å²) in [5.41, 5.74) is 3.30. The zero-order valence-corrected chi connectivity index (χ0v) is 12.1. The van der Waals surface area contributed by atoms with Crippen LogP contribution in [0.1, 0.15) is 15.9 Å². The van der Waals surface area contributed by atoms with Gasteiger partial charge < -0.3 is 10.2 Å². The molecular formula is C18H16N2O2. The molecule has 22 heavy (non-hydrogen) atoms. The number of benzene rings is 2. The highest BCUT2D eigenvalue weighted by atomic mass is 16.2. The Bertz CT molecular complexity index is 738. The van der Waals surface area contributed by atoms with Crippen molar-refractivity contribution in [2.24, 2.45) is 0 Å². The Morgan fingerprint density at radius 3 is 2.64 bits per heavy atom. The monoisotopic (exact) mass is 292 g/mol. The van der Waals surface area contributed by atoms with E-state index in [0.29, 0.717) is 12.1 Å². The first-order valence-electron chi connectivity index (χ1n) is 7.12. The van der Waals surface area contributed by atoms with Crippen molar-refractivity contribution in [2.75, 3.05) is 16.8 Å². The van der Waals surface area contributed by atoms with Gasteiger partial charge in [-0.3, -0.25) is 9.59 Å². The molecule has 2 aromatic carbocycles. The van der Waals surface area contributed by atoms with E-state index >= 15 is 0 Å². The van der Waals surface area contributed by atoms with Gasteiger partial charge in [0.05, 0.1) is 0 Å². The summed E-state index contributed by atoms with van der Waals surface area (Å²) in [4.78, 5) is 25.6. The van der Waals surface area contributed by atoms with Crippen molar-refractivity contribution in [3.8, 4) is 0 Å². The van der Waals surface area contributed by atoms with Crippen LogP contribution < -0.4 is 10.2 Å². The standard InChI is InChI=1S/C18H16N2O2/c1-2-17(21)20-11-10-14-12-15(8-9-16(14)20)19-18(22)13-6-4-3-5-7-13/h2-9,12H,1,10-11H2,(H,19,22). The Balaban J connectivity index is 1.79. The van der Waals surface area contributed by atoms with E-state index in [1.165, 1.54) is 6.08 Å². The molecule has 0 radical (unpaired) electrons. The van der Waals surface area contributed by atoms with Crippen molar-refractivity contribution in [3.05, 3.63) is 72.3 Å². The number of amides is 2. The molecule has 0 saturated heterocycles. The summed E-state index contributed by atoms with van der Waals surface area (Å²) in [5, 5.41) is 2.88. The maximum absolute atomic E-state index is 12.1. The Morgan fingerprint density at radius 1 is 1.14 bits per heavy atom. The Hall–Kier alpha value is -2.88. The fourth-order valence-electron chi connectivity index (χ4n) is 2.61. The molecule has 1 aliphatic heterocycles. The van der Waals surface area contributed by atoms with Gasteiger partial charge in [0.1, 0.15) is 0 Å². The minimum absolute atomic E-state index is 0.0974. The van der Waals surface area contributed by atoms with Gasteiger partial charge in [-0.2, -0.15) is 0 Å². The molecule has 0 unspecified atom stereocenters. The topological polar surface area (TPSA) is 49.4 Å². The number of anilines is 2. The fraction of sp³-hybridized carbons (Fsp3) is 0.111. The lowest BCUT2D eigenvalue weighted by atomic mass is 10.1. The average molecular weight is 292 g/mol. The average Bonchev–Trinajstić information content (AvgIpc) is 2.98. The van der Waals surface area contributed by atoms with Crippen molar-refractivity contribution >= 4 is 23.2 Å². The quantitative estimate of drug-likeness (QED) is 0.884. The molecular weight excluding hydrogens is 276 g/mol. The van der Waals surface area contributed by atoms with Crippen LogP contribution in [0.15, 0.2) is 61.2 Å². The van der Waals surface area contributed by atoms with Crippen LogP contribution >= 0.6 is 0 Å². The summed E-state index contributed by atoms with van der Waals surface area (Å²) in [6, 6.07) is 14.7. The smallest absolute Gasteiger partial charge is 0.255 e. The summed E-state index contributed by atoms with van der Waals surface area (Å²) in [6.07, 6.45) is 2.10. The van der Waals surface area contributed by atoms with E-state index in [-0.39, 0.29) is 11.8 Å². The summed E-state index contributed by atoms with van der Waals surface area (Å²) < 4.78 is 0. The first-order chi connectivity index (χ1) is 10.7. The van der Waals surface area contributed by atoms with Crippen LogP contribution in [0.2, 0.25) is 0 Å². The molecule has 0 aliphatic carbocycles. The lowest BCUT2D eigenvalue weighted by Gasteiger charge is -2.15. The van der Waals surface area contributed by atoms with E-state index in [1.54, 1.807) is 17.0 Å². The maximum Gasteiger partial charge on any atom is 0.255 e. The molecule has 0 atom stereocenters. The molecule has 0 bridgehead atoms. The van der Waals surface area contributed by atoms with Crippen LogP contribution in [0, 0.1) is 0 Å². The molecule has 2 aromatic rings. The Kier molecular flexibility index (Phi) is 3.74. The molecule has 1 aliphatic rings. The fourth-order valence-corrected chi connectivity index (χ4v) is 2.61. The summed E-state index contributed by atoms with van der Waals surface area (Å²) >= 11 is 0. The lowest BCUT2D eigenvalue weighted by Crippen LogP contribution is -2.26. The van der Waals surface area contributed by atoms with Gasteiger partial charge in [-0.05, 0) is 48.4 Å². The SMILES string of the molecule is C=CC(=O)N1CCc2cc(NC(=O)c3ccccc3)ccc21. The third-order valence-electron chi connectivity index (χ3n) is 3.71. The molecule has 4 heteroatoms. The van der Waals surface area contributed by atoms with Gasteiger partial charge in [-0.1, -0.05) is 24.8 Å². The van der Waals surface area contributed by atoms with E-state index in [9.17, 15) is 9.59 Å². The zero-order chi connectivity index (χ0) is 15.5. The number of nitrogens with one attached hydrogen (secondary N) is 1. The van der Waals surface area contributed by atoms with Crippen molar-refractivity contribution < 1.29 is 9.59 Å². The number of hydrogen-bond donors (Lipinski definition) is 1. The van der Waals surface area contributed by atoms with Gasteiger partial charge in [-0.15, -0.1) is 0 Å². The number of hydrogen-bond acceptors (Lipinski definition) is 2. The first kappa shape index (κ1) is 14.1. The number of fused-ring (bicyclic) bond motifs is 1. The molecule has 4 nitrogen and oxygen atoms in total. The molecule has 0 aromatic heterocycles. The highest BCUT2D eigenvalue weighted by Gasteiger charge is 2.23. The van der Waals surface area contributed by atoms with E-state index in [1.807, 2.05) is 36.4 Å².